The molecule has 2 aliphatic rings. The fourth-order valence-corrected chi connectivity index (χ4v) is 6.64. The molecule has 7 heteroatoms. The number of carbonyl (C=O) groups excluding carboxylic acids is 1. The van der Waals surface area contributed by atoms with E-state index in [0.29, 0.717) is 45.7 Å². The van der Waals surface area contributed by atoms with Crippen LogP contribution in [0.1, 0.15) is 42.4 Å². The maximum absolute atomic E-state index is 13.0. The van der Waals surface area contributed by atoms with Gasteiger partial charge in [-0.2, -0.15) is 0 Å². The molecule has 0 unspecified atom stereocenters. The van der Waals surface area contributed by atoms with Gasteiger partial charge in [-0.25, -0.2) is 12.7 Å². The molecule has 2 aromatic rings. The van der Waals surface area contributed by atoms with E-state index in [4.69, 9.17) is 4.74 Å². The molecule has 1 N–H and O–H groups in total. The summed E-state index contributed by atoms with van der Waals surface area (Å²) in [6, 6.07) is 17.9. The van der Waals surface area contributed by atoms with Crippen LogP contribution in [0.25, 0.3) is 0 Å². The first-order valence-corrected chi connectivity index (χ1v) is 13.4. The Labute approximate surface area is 197 Å². The van der Waals surface area contributed by atoms with E-state index >= 15 is 0 Å². The molecule has 0 aromatic heterocycles. The Balaban J connectivity index is 1.33. The smallest absolute Gasteiger partial charge is 0.223 e. The number of hydrogen-bond donors (Lipinski definition) is 1. The molecule has 0 spiro atoms. The topological polar surface area (TPSA) is 75.7 Å². The first-order chi connectivity index (χ1) is 15.9. The highest BCUT2D eigenvalue weighted by Gasteiger charge is 2.36. The highest BCUT2D eigenvalue weighted by Crippen LogP contribution is 2.34. The quantitative estimate of drug-likeness (QED) is 0.673. The van der Waals surface area contributed by atoms with Gasteiger partial charge in [0.1, 0.15) is 0 Å². The average Bonchev–Trinajstić information content (AvgIpc) is 2.85. The van der Waals surface area contributed by atoms with Crippen LogP contribution < -0.4 is 5.32 Å². The van der Waals surface area contributed by atoms with Crippen molar-refractivity contribution >= 4 is 15.9 Å². The van der Waals surface area contributed by atoms with Crippen molar-refractivity contribution in [2.24, 2.45) is 5.92 Å². The Hall–Kier alpha value is -2.22. The lowest BCUT2D eigenvalue weighted by molar-refractivity contribution is -0.126. The number of ether oxygens (including phenoxy) is 1. The normalized spacial score (nSPS) is 19.8. The van der Waals surface area contributed by atoms with Crippen molar-refractivity contribution in [1.29, 1.82) is 0 Å². The maximum atomic E-state index is 13.0. The third-order valence-electron chi connectivity index (χ3n) is 7.25. The van der Waals surface area contributed by atoms with Gasteiger partial charge in [0.2, 0.25) is 15.9 Å². The number of amides is 1. The third-order valence-corrected chi connectivity index (χ3v) is 9.08. The Morgan fingerprint density at radius 2 is 1.67 bits per heavy atom. The number of hydrogen-bond acceptors (Lipinski definition) is 4. The van der Waals surface area contributed by atoms with E-state index in [0.717, 1.165) is 24.0 Å². The van der Waals surface area contributed by atoms with Crippen molar-refractivity contribution in [3.63, 3.8) is 0 Å². The van der Waals surface area contributed by atoms with Gasteiger partial charge in [0.25, 0.3) is 0 Å². The van der Waals surface area contributed by atoms with E-state index < -0.39 is 10.0 Å². The Kier molecular flexibility index (Phi) is 7.51. The van der Waals surface area contributed by atoms with Gasteiger partial charge in [-0.1, -0.05) is 54.6 Å². The number of aryl methyl sites for hydroxylation is 1. The summed E-state index contributed by atoms with van der Waals surface area (Å²) >= 11 is 0. The number of piperidine rings is 1. The van der Waals surface area contributed by atoms with Crippen LogP contribution in [0.4, 0.5) is 0 Å². The van der Waals surface area contributed by atoms with Crippen LogP contribution in [0.3, 0.4) is 0 Å². The van der Waals surface area contributed by atoms with Gasteiger partial charge in [0.05, 0.1) is 5.75 Å². The summed E-state index contributed by atoms with van der Waals surface area (Å²) < 4.78 is 33.0. The second kappa shape index (κ2) is 10.4. The summed E-state index contributed by atoms with van der Waals surface area (Å²) in [5.41, 5.74) is 2.95. The number of sulfonamides is 1. The average molecular weight is 471 g/mol. The third kappa shape index (κ3) is 5.65. The van der Waals surface area contributed by atoms with Gasteiger partial charge in [-0.3, -0.25) is 4.79 Å². The molecule has 0 radical (unpaired) electrons. The minimum atomic E-state index is -3.40. The van der Waals surface area contributed by atoms with Crippen molar-refractivity contribution in [3.05, 3.63) is 71.3 Å². The SMILES string of the molecule is Cc1ccccc1CS(=O)(=O)N1CCC(C(=O)NCC2(c3ccccc3)CCOCC2)CC1. The minimum Gasteiger partial charge on any atom is -0.381 e. The van der Waals surface area contributed by atoms with Crippen molar-refractivity contribution in [2.45, 2.75) is 43.8 Å². The standard InChI is InChI=1S/C26H34N2O4S/c1-21-7-5-6-8-23(21)19-33(30,31)28-15-11-22(12-16-28)25(29)27-20-26(13-17-32-18-14-26)24-9-3-2-4-10-24/h2-10,22H,11-20H2,1H3,(H,27,29). The molecule has 33 heavy (non-hydrogen) atoms. The lowest BCUT2D eigenvalue weighted by Gasteiger charge is -2.38. The van der Waals surface area contributed by atoms with Crippen molar-refractivity contribution < 1.29 is 17.9 Å². The molecule has 2 aromatic carbocycles. The van der Waals surface area contributed by atoms with Gasteiger partial charge in [0.15, 0.2) is 0 Å². The summed E-state index contributed by atoms with van der Waals surface area (Å²) in [7, 11) is -3.40. The highest BCUT2D eigenvalue weighted by atomic mass is 32.2. The molecule has 2 aliphatic heterocycles. The molecule has 4 rings (SSSR count). The monoisotopic (exact) mass is 470 g/mol. The van der Waals surface area contributed by atoms with Crippen LogP contribution in [0, 0.1) is 12.8 Å². The second-order valence-corrected chi connectivity index (χ2v) is 11.3. The zero-order chi connectivity index (χ0) is 23.3. The Morgan fingerprint density at radius 1 is 1.03 bits per heavy atom. The van der Waals surface area contributed by atoms with Gasteiger partial charge in [0, 0.05) is 44.2 Å². The van der Waals surface area contributed by atoms with E-state index in [1.807, 2.05) is 49.4 Å². The van der Waals surface area contributed by atoms with Crippen LogP contribution in [0.5, 0.6) is 0 Å². The first kappa shape index (κ1) is 23.9. The predicted octanol–water partition coefficient (Wildman–Crippen LogP) is 3.40. The number of nitrogens with zero attached hydrogens (tertiary/aromatic N) is 1. The van der Waals surface area contributed by atoms with E-state index in [2.05, 4.69) is 17.4 Å². The molecule has 2 fully saturated rings. The van der Waals surface area contributed by atoms with E-state index in [1.165, 1.54) is 5.56 Å². The zero-order valence-corrected chi connectivity index (χ0v) is 20.1. The predicted molar refractivity (Wildman–Crippen MR) is 129 cm³/mol. The van der Waals surface area contributed by atoms with Crippen LogP contribution in [0.2, 0.25) is 0 Å². The molecule has 178 valence electrons. The molecule has 0 atom stereocenters. The number of rotatable bonds is 7. The van der Waals surface area contributed by atoms with E-state index in [-0.39, 0.29) is 23.0 Å². The van der Waals surface area contributed by atoms with E-state index in [9.17, 15) is 13.2 Å². The van der Waals surface area contributed by atoms with Gasteiger partial charge in [-0.05, 0) is 49.3 Å². The van der Waals surface area contributed by atoms with Crippen molar-refractivity contribution in [2.75, 3.05) is 32.8 Å². The zero-order valence-electron chi connectivity index (χ0n) is 19.3. The molecule has 1 amide bonds. The number of carbonyl (C=O) groups is 1. The van der Waals surface area contributed by atoms with Gasteiger partial charge in [-0.15, -0.1) is 0 Å². The first-order valence-electron chi connectivity index (χ1n) is 11.8. The largest absolute Gasteiger partial charge is 0.381 e. The molecule has 0 bridgehead atoms. The number of benzene rings is 2. The fraction of sp³-hybridized carbons (Fsp3) is 0.500. The highest BCUT2D eigenvalue weighted by molar-refractivity contribution is 7.88. The Morgan fingerprint density at radius 3 is 2.33 bits per heavy atom. The lowest BCUT2D eigenvalue weighted by Crippen LogP contribution is -2.48. The maximum Gasteiger partial charge on any atom is 0.223 e. The molecular weight excluding hydrogens is 436 g/mol. The summed E-state index contributed by atoms with van der Waals surface area (Å²) in [6.07, 6.45) is 2.88. The van der Waals surface area contributed by atoms with E-state index in [1.54, 1.807) is 4.31 Å². The molecule has 2 saturated heterocycles. The molecule has 2 heterocycles. The molecule has 6 nitrogen and oxygen atoms in total. The van der Waals surface area contributed by atoms with Crippen LogP contribution in [-0.2, 0) is 30.7 Å². The van der Waals surface area contributed by atoms with Crippen molar-refractivity contribution in [3.8, 4) is 0 Å². The second-order valence-electron chi connectivity index (χ2n) is 9.33. The molecular formula is C26H34N2O4S. The summed E-state index contributed by atoms with van der Waals surface area (Å²) in [6.45, 7) is 4.70. The summed E-state index contributed by atoms with van der Waals surface area (Å²) in [5.74, 6) is -0.103. The van der Waals surface area contributed by atoms with Crippen LogP contribution in [0.15, 0.2) is 54.6 Å². The van der Waals surface area contributed by atoms with Crippen molar-refractivity contribution in [1.82, 2.24) is 9.62 Å². The van der Waals surface area contributed by atoms with Crippen LogP contribution in [-0.4, -0.2) is 51.5 Å². The van der Waals surface area contributed by atoms with Gasteiger partial charge >= 0.3 is 0 Å². The minimum absolute atomic E-state index is 0.0121. The van der Waals surface area contributed by atoms with Gasteiger partial charge < -0.3 is 10.1 Å². The number of nitrogens with one attached hydrogen (secondary N) is 1. The fourth-order valence-electron chi connectivity index (χ4n) is 4.98. The summed E-state index contributed by atoms with van der Waals surface area (Å²) in [5, 5.41) is 3.20. The van der Waals surface area contributed by atoms with Crippen LogP contribution >= 0.6 is 0 Å². The molecule has 0 aliphatic carbocycles. The lowest BCUT2D eigenvalue weighted by atomic mass is 9.74. The summed E-state index contributed by atoms with van der Waals surface area (Å²) in [4.78, 5) is 13.0. The molecule has 0 saturated carbocycles. The Bertz CT molecular complexity index is 1040.